The molecule has 7 nitrogen and oxygen atoms in total. The van der Waals surface area contributed by atoms with Gasteiger partial charge in [-0.3, -0.25) is 4.79 Å². The molecule has 112 valence electrons. The highest BCUT2D eigenvalue weighted by atomic mass is 16.5. The molecule has 3 rings (SSSR count). The Bertz CT molecular complexity index is 782. The first kappa shape index (κ1) is 14.0. The Balaban J connectivity index is 1.75. The molecule has 0 saturated carbocycles. The van der Waals surface area contributed by atoms with Gasteiger partial charge in [0, 0.05) is 5.56 Å². The van der Waals surface area contributed by atoms with Crippen LogP contribution < -0.4 is 10.1 Å². The van der Waals surface area contributed by atoms with E-state index in [1.165, 1.54) is 12.7 Å². The molecule has 0 spiro atoms. The van der Waals surface area contributed by atoms with Gasteiger partial charge in [0.1, 0.15) is 17.6 Å². The molecule has 7 heteroatoms. The summed E-state index contributed by atoms with van der Waals surface area (Å²) in [5.74, 6) is 0.895. The van der Waals surface area contributed by atoms with E-state index in [4.69, 9.17) is 4.74 Å². The summed E-state index contributed by atoms with van der Waals surface area (Å²) in [5.41, 5.74) is 1.63. The predicted molar refractivity (Wildman–Crippen MR) is 81.9 cm³/mol. The summed E-state index contributed by atoms with van der Waals surface area (Å²) >= 11 is 0. The van der Waals surface area contributed by atoms with E-state index < -0.39 is 0 Å². The number of nitrogens with one attached hydrogen (secondary N) is 2. The summed E-state index contributed by atoms with van der Waals surface area (Å²) in [6.07, 6.45) is 3.81. The highest BCUT2D eigenvalue weighted by Crippen LogP contribution is 2.17. The summed E-state index contributed by atoms with van der Waals surface area (Å²) in [6.45, 7) is 2.70. The first-order valence-electron chi connectivity index (χ1n) is 6.96. The molecule has 0 radical (unpaired) electrons. The van der Waals surface area contributed by atoms with Crippen molar-refractivity contribution in [1.82, 2.24) is 19.9 Å². The fourth-order valence-electron chi connectivity index (χ4n) is 1.96. The van der Waals surface area contributed by atoms with Gasteiger partial charge in [-0.2, -0.15) is 0 Å². The van der Waals surface area contributed by atoms with Crippen molar-refractivity contribution in [2.45, 2.75) is 13.3 Å². The molecular formula is C15H15N5O2. The third-order valence-corrected chi connectivity index (χ3v) is 3.04. The zero-order valence-corrected chi connectivity index (χ0v) is 12.0. The van der Waals surface area contributed by atoms with Crippen LogP contribution in [0.15, 0.2) is 36.9 Å². The molecule has 0 fully saturated rings. The summed E-state index contributed by atoms with van der Waals surface area (Å²) in [6, 6.07) is 6.98. The lowest BCUT2D eigenvalue weighted by Crippen LogP contribution is -2.13. The molecule has 2 aromatic heterocycles. The second-order valence-electron chi connectivity index (χ2n) is 4.65. The maximum absolute atomic E-state index is 12.3. The van der Waals surface area contributed by atoms with Gasteiger partial charge < -0.3 is 15.0 Å². The molecule has 0 bridgehead atoms. The number of hydrogen-bond acceptors (Lipinski definition) is 5. The van der Waals surface area contributed by atoms with Crippen molar-refractivity contribution in [2.24, 2.45) is 0 Å². The van der Waals surface area contributed by atoms with Gasteiger partial charge in [-0.05, 0) is 30.7 Å². The molecule has 3 aromatic rings. The Morgan fingerprint density at radius 1 is 1.23 bits per heavy atom. The number of benzene rings is 1. The van der Waals surface area contributed by atoms with Crippen LogP contribution in [0.3, 0.4) is 0 Å². The first-order chi connectivity index (χ1) is 10.8. The number of nitrogens with zero attached hydrogens (tertiary/aromatic N) is 3. The molecule has 0 aliphatic heterocycles. The van der Waals surface area contributed by atoms with E-state index in [0.29, 0.717) is 29.2 Å². The molecule has 1 aromatic carbocycles. The van der Waals surface area contributed by atoms with E-state index >= 15 is 0 Å². The third-order valence-electron chi connectivity index (χ3n) is 3.04. The minimum Gasteiger partial charge on any atom is -0.494 e. The summed E-state index contributed by atoms with van der Waals surface area (Å²) in [7, 11) is 0. The summed E-state index contributed by atoms with van der Waals surface area (Å²) < 4.78 is 5.49. The molecule has 2 N–H and O–H groups in total. The number of aromatic nitrogens is 4. The van der Waals surface area contributed by atoms with E-state index in [1.54, 1.807) is 24.3 Å². The van der Waals surface area contributed by atoms with E-state index in [0.717, 1.165) is 12.2 Å². The van der Waals surface area contributed by atoms with E-state index in [9.17, 15) is 4.79 Å². The minimum absolute atomic E-state index is 0.253. The Kier molecular flexibility index (Phi) is 3.95. The number of imidazole rings is 1. The molecule has 0 aliphatic rings. The van der Waals surface area contributed by atoms with Crippen LogP contribution in [0.1, 0.15) is 23.7 Å². The van der Waals surface area contributed by atoms with E-state index in [1.807, 2.05) is 6.92 Å². The molecule has 2 heterocycles. The van der Waals surface area contributed by atoms with Crippen LogP contribution in [0.4, 0.5) is 5.82 Å². The van der Waals surface area contributed by atoms with Gasteiger partial charge in [-0.15, -0.1) is 0 Å². The number of carbonyl (C=O) groups excluding carboxylic acids is 1. The lowest BCUT2D eigenvalue weighted by atomic mass is 10.2. The van der Waals surface area contributed by atoms with Gasteiger partial charge in [-0.1, -0.05) is 6.92 Å². The van der Waals surface area contributed by atoms with Crippen molar-refractivity contribution in [3.63, 3.8) is 0 Å². The molecular weight excluding hydrogens is 282 g/mol. The van der Waals surface area contributed by atoms with Crippen molar-refractivity contribution < 1.29 is 9.53 Å². The second-order valence-corrected chi connectivity index (χ2v) is 4.65. The minimum atomic E-state index is -0.253. The molecule has 0 atom stereocenters. The van der Waals surface area contributed by atoms with Crippen LogP contribution in [0.5, 0.6) is 5.75 Å². The zero-order chi connectivity index (χ0) is 15.4. The number of fused-ring (bicyclic) bond motifs is 1. The Morgan fingerprint density at radius 3 is 2.82 bits per heavy atom. The average Bonchev–Trinajstić information content (AvgIpc) is 3.03. The maximum atomic E-state index is 12.3. The van der Waals surface area contributed by atoms with Crippen LogP contribution in [0.25, 0.3) is 11.2 Å². The van der Waals surface area contributed by atoms with Crippen LogP contribution in [0.2, 0.25) is 0 Å². The number of hydrogen-bond donors (Lipinski definition) is 2. The lowest BCUT2D eigenvalue weighted by Gasteiger charge is -2.07. The number of carbonyl (C=O) groups is 1. The number of anilines is 1. The largest absolute Gasteiger partial charge is 0.494 e. The van der Waals surface area contributed by atoms with E-state index in [-0.39, 0.29) is 5.91 Å². The smallest absolute Gasteiger partial charge is 0.256 e. The van der Waals surface area contributed by atoms with Gasteiger partial charge in [0.25, 0.3) is 5.91 Å². The number of aromatic amines is 1. The number of rotatable bonds is 5. The Morgan fingerprint density at radius 2 is 2.05 bits per heavy atom. The second kappa shape index (κ2) is 6.21. The number of amides is 1. The van der Waals surface area contributed by atoms with Crippen molar-refractivity contribution in [1.29, 1.82) is 0 Å². The van der Waals surface area contributed by atoms with Crippen LogP contribution >= 0.6 is 0 Å². The highest BCUT2D eigenvalue weighted by molar-refractivity contribution is 6.06. The van der Waals surface area contributed by atoms with Gasteiger partial charge in [0.15, 0.2) is 11.5 Å². The standard InChI is InChI=1S/C15H15N5O2/c1-2-7-22-11-5-3-10(4-6-11)15(21)20-14-12-13(17-8-16-12)18-9-19-14/h3-6,8-9H,2,7H2,1H3,(H2,16,17,18,19,20,21). The predicted octanol–water partition coefficient (Wildman–Crippen LogP) is 2.39. The molecule has 0 aliphatic carbocycles. The first-order valence-corrected chi connectivity index (χ1v) is 6.96. The van der Waals surface area contributed by atoms with Crippen LogP contribution in [-0.2, 0) is 0 Å². The summed E-state index contributed by atoms with van der Waals surface area (Å²) in [4.78, 5) is 27.3. The fraction of sp³-hybridized carbons (Fsp3) is 0.200. The van der Waals surface area contributed by atoms with Crippen LogP contribution in [0, 0.1) is 0 Å². The summed E-state index contributed by atoms with van der Waals surface area (Å²) in [5, 5.41) is 2.75. The highest BCUT2D eigenvalue weighted by Gasteiger charge is 2.11. The normalized spacial score (nSPS) is 10.6. The van der Waals surface area contributed by atoms with Crippen molar-refractivity contribution >= 4 is 22.9 Å². The quantitative estimate of drug-likeness (QED) is 0.754. The van der Waals surface area contributed by atoms with Gasteiger partial charge in [-0.25, -0.2) is 15.0 Å². The van der Waals surface area contributed by atoms with Crippen LogP contribution in [-0.4, -0.2) is 32.4 Å². The van der Waals surface area contributed by atoms with Gasteiger partial charge in [0.05, 0.1) is 12.9 Å². The van der Waals surface area contributed by atoms with Crippen molar-refractivity contribution in [3.8, 4) is 5.75 Å². The van der Waals surface area contributed by atoms with Crippen molar-refractivity contribution in [2.75, 3.05) is 11.9 Å². The fourth-order valence-corrected chi connectivity index (χ4v) is 1.96. The molecule has 0 unspecified atom stereocenters. The lowest BCUT2D eigenvalue weighted by molar-refractivity contribution is 0.102. The van der Waals surface area contributed by atoms with Gasteiger partial charge in [0.2, 0.25) is 0 Å². The average molecular weight is 297 g/mol. The third kappa shape index (κ3) is 2.88. The SMILES string of the molecule is CCCOc1ccc(C(=O)Nc2ncnc3nc[nH]c23)cc1. The zero-order valence-electron chi connectivity index (χ0n) is 12.0. The topological polar surface area (TPSA) is 92.8 Å². The van der Waals surface area contributed by atoms with E-state index in [2.05, 4.69) is 25.3 Å². The Labute approximate surface area is 126 Å². The number of ether oxygens (including phenoxy) is 1. The molecule has 1 amide bonds. The maximum Gasteiger partial charge on any atom is 0.256 e. The number of H-pyrrole nitrogens is 1. The van der Waals surface area contributed by atoms with Crippen molar-refractivity contribution in [3.05, 3.63) is 42.5 Å². The molecule has 22 heavy (non-hydrogen) atoms. The molecule has 0 saturated heterocycles. The monoisotopic (exact) mass is 297 g/mol. The Hall–Kier alpha value is -2.96. The van der Waals surface area contributed by atoms with Gasteiger partial charge >= 0.3 is 0 Å².